The normalized spacial score (nSPS) is 22.9. The number of ether oxygens (including phenoxy) is 1. The van der Waals surface area contributed by atoms with Gasteiger partial charge in [0.2, 0.25) is 0 Å². The highest BCUT2D eigenvalue weighted by Crippen LogP contribution is 2.41. The Bertz CT molecular complexity index is 297. The minimum atomic E-state index is -0.157. The number of rotatable bonds is 5. The van der Waals surface area contributed by atoms with Gasteiger partial charge in [0.05, 0.1) is 6.61 Å². The van der Waals surface area contributed by atoms with Crippen LogP contribution in [0.5, 0.6) is 0 Å². The second kappa shape index (κ2) is 6.57. The fourth-order valence-corrected chi connectivity index (χ4v) is 3.22. The monoisotopic (exact) mass is 269 g/mol. The highest BCUT2D eigenvalue weighted by Gasteiger charge is 2.38. The summed E-state index contributed by atoms with van der Waals surface area (Å²) in [6.45, 7) is 8.16. The van der Waals surface area contributed by atoms with Crippen LogP contribution < -0.4 is 5.32 Å². The number of carbonyl (C=O) groups is 1. The van der Waals surface area contributed by atoms with E-state index in [-0.39, 0.29) is 6.09 Å². The Morgan fingerprint density at radius 2 is 1.95 bits per heavy atom. The van der Waals surface area contributed by atoms with E-state index in [1.54, 1.807) is 0 Å². The molecule has 1 saturated heterocycles. The topological polar surface area (TPSA) is 44.8 Å². The van der Waals surface area contributed by atoms with Gasteiger partial charge >= 0.3 is 6.09 Å². The lowest BCUT2D eigenvalue weighted by Gasteiger charge is -2.47. The van der Waals surface area contributed by atoms with Crippen molar-refractivity contribution in [2.75, 3.05) is 52.9 Å². The minimum absolute atomic E-state index is 0.157. The Hall–Kier alpha value is -0.810. The molecule has 1 amide bonds. The van der Waals surface area contributed by atoms with Crippen LogP contribution in [0.1, 0.15) is 26.2 Å². The van der Waals surface area contributed by atoms with Crippen molar-refractivity contribution < 1.29 is 9.53 Å². The highest BCUT2D eigenvalue weighted by molar-refractivity contribution is 5.67. The predicted octanol–water partition coefficient (Wildman–Crippen LogP) is 1.15. The molecule has 110 valence electrons. The molecular formula is C14H27N3O2. The van der Waals surface area contributed by atoms with Crippen LogP contribution >= 0.6 is 0 Å². The van der Waals surface area contributed by atoms with Gasteiger partial charge in [0, 0.05) is 39.3 Å². The fourth-order valence-electron chi connectivity index (χ4n) is 3.22. The van der Waals surface area contributed by atoms with Gasteiger partial charge in [-0.05, 0) is 32.2 Å². The van der Waals surface area contributed by atoms with Crippen LogP contribution in [0, 0.1) is 5.41 Å². The summed E-state index contributed by atoms with van der Waals surface area (Å²) in [6, 6.07) is 0. The maximum atomic E-state index is 11.6. The molecule has 0 spiro atoms. The second-order valence-electron chi connectivity index (χ2n) is 5.85. The summed E-state index contributed by atoms with van der Waals surface area (Å²) < 4.78 is 5.05. The minimum Gasteiger partial charge on any atom is -0.450 e. The van der Waals surface area contributed by atoms with Gasteiger partial charge in [-0.15, -0.1) is 0 Å². The first kappa shape index (κ1) is 14.6. The van der Waals surface area contributed by atoms with Crippen LogP contribution in [-0.2, 0) is 4.74 Å². The number of hydrogen-bond acceptors (Lipinski definition) is 4. The van der Waals surface area contributed by atoms with Gasteiger partial charge in [-0.1, -0.05) is 6.42 Å². The Morgan fingerprint density at radius 1 is 1.26 bits per heavy atom. The van der Waals surface area contributed by atoms with Crippen LogP contribution in [0.3, 0.4) is 0 Å². The van der Waals surface area contributed by atoms with E-state index >= 15 is 0 Å². The zero-order chi connectivity index (χ0) is 13.7. The molecule has 1 N–H and O–H groups in total. The number of nitrogens with one attached hydrogen (secondary N) is 1. The molecule has 0 radical (unpaired) electrons. The average Bonchev–Trinajstić information content (AvgIpc) is 2.37. The van der Waals surface area contributed by atoms with Crippen molar-refractivity contribution in [1.29, 1.82) is 0 Å². The number of carbonyl (C=O) groups excluding carboxylic acids is 1. The van der Waals surface area contributed by atoms with E-state index in [1.807, 2.05) is 18.9 Å². The molecule has 0 unspecified atom stereocenters. The largest absolute Gasteiger partial charge is 0.450 e. The number of nitrogens with zero attached hydrogens (tertiary/aromatic N) is 2. The molecular weight excluding hydrogens is 242 g/mol. The lowest BCUT2D eigenvalue weighted by Crippen LogP contribution is -2.54. The van der Waals surface area contributed by atoms with Gasteiger partial charge in [0.15, 0.2) is 0 Å². The predicted molar refractivity (Wildman–Crippen MR) is 75.2 cm³/mol. The van der Waals surface area contributed by atoms with E-state index in [9.17, 15) is 4.79 Å². The molecule has 19 heavy (non-hydrogen) atoms. The van der Waals surface area contributed by atoms with Crippen molar-refractivity contribution in [3.05, 3.63) is 0 Å². The van der Waals surface area contributed by atoms with Crippen LogP contribution in [0.4, 0.5) is 4.79 Å². The number of piperazine rings is 1. The summed E-state index contributed by atoms with van der Waals surface area (Å²) in [5, 5.41) is 3.33. The number of amides is 1. The van der Waals surface area contributed by atoms with E-state index in [0.717, 1.165) is 32.7 Å². The molecule has 0 aromatic heterocycles. The molecule has 2 fully saturated rings. The SMILES string of the molecule is CCOC(=O)N1CCN(CC2(CNC)CCC2)CC1. The Morgan fingerprint density at radius 3 is 2.42 bits per heavy atom. The number of hydrogen-bond donors (Lipinski definition) is 1. The van der Waals surface area contributed by atoms with Crippen LogP contribution in [0.25, 0.3) is 0 Å². The smallest absolute Gasteiger partial charge is 0.409 e. The molecule has 2 rings (SSSR count). The van der Waals surface area contributed by atoms with Crippen molar-refractivity contribution in [3.63, 3.8) is 0 Å². The molecule has 1 aliphatic heterocycles. The Labute approximate surface area is 116 Å². The van der Waals surface area contributed by atoms with Crippen molar-refractivity contribution >= 4 is 6.09 Å². The summed E-state index contributed by atoms with van der Waals surface area (Å²) in [5.41, 5.74) is 0.487. The van der Waals surface area contributed by atoms with Crippen molar-refractivity contribution in [2.45, 2.75) is 26.2 Å². The van der Waals surface area contributed by atoms with E-state index in [1.165, 1.54) is 25.8 Å². The standard InChI is InChI=1S/C14H27N3O2/c1-3-19-13(18)17-9-7-16(8-10-17)12-14(11-15-2)5-4-6-14/h15H,3-12H2,1-2H3. The lowest BCUT2D eigenvalue weighted by atomic mass is 9.68. The molecule has 5 nitrogen and oxygen atoms in total. The maximum Gasteiger partial charge on any atom is 0.409 e. The Kier molecular flexibility index (Phi) is 5.05. The third-order valence-corrected chi connectivity index (χ3v) is 4.42. The van der Waals surface area contributed by atoms with Gasteiger partial charge in [0.25, 0.3) is 0 Å². The van der Waals surface area contributed by atoms with Crippen LogP contribution in [0.2, 0.25) is 0 Å². The summed E-state index contributed by atoms with van der Waals surface area (Å²) in [5.74, 6) is 0. The van der Waals surface area contributed by atoms with Gasteiger partial charge < -0.3 is 15.0 Å². The first-order valence-electron chi connectivity index (χ1n) is 7.48. The fraction of sp³-hybridized carbons (Fsp3) is 0.929. The van der Waals surface area contributed by atoms with Crippen LogP contribution in [0.15, 0.2) is 0 Å². The molecule has 0 aromatic rings. The first-order chi connectivity index (χ1) is 9.19. The van der Waals surface area contributed by atoms with Gasteiger partial charge in [-0.3, -0.25) is 4.90 Å². The van der Waals surface area contributed by atoms with E-state index in [4.69, 9.17) is 4.74 Å². The summed E-state index contributed by atoms with van der Waals surface area (Å²) in [7, 11) is 2.04. The van der Waals surface area contributed by atoms with Crippen molar-refractivity contribution in [3.8, 4) is 0 Å². The van der Waals surface area contributed by atoms with Crippen LogP contribution in [-0.4, -0.2) is 68.8 Å². The zero-order valence-corrected chi connectivity index (χ0v) is 12.3. The molecule has 1 aliphatic carbocycles. The average molecular weight is 269 g/mol. The molecule has 1 heterocycles. The van der Waals surface area contributed by atoms with Gasteiger partial charge in [0.1, 0.15) is 0 Å². The molecule has 0 atom stereocenters. The maximum absolute atomic E-state index is 11.6. The Balaban J connectivity index is 1.75. The van der Waals surface area contributed by atoms with Crippen molar-refractivity contribution in [2.24, 2.45) is 5.41 Å². The third kappa shape index (κ3) is 3.60. The van der Waals surface area contributed by atoms with E-state index in [2.05, 4.69) is 10.2 Å². The lowest BCUT2D eigenvalue weighted by molar-refractivity contribution is 0.0340. The highest BCUT2D eigenvalue weighted by atomic mass is 16.6. The van der Waals surface area contributed by atoms with E-state index in [0.29, 0.717) is 12.0 Å². The van der Waals surface area contributed by atoms with E-state index < -0.39 is 0 Å². The molecule has 0 aromatic carbocycles. The molecule has 0 bridgehead atoms. The van der Waals surface area contributed by atoms with Gasteiger partial charge in [-0.2, -0.15) is 0 Å². The van der Waals surface area contributed by atoms with Crippen molar-refractivity contribution in [1.82, 2.24) is 15.1 Å². The zero-order valence-electron chi connectivity index (χ0n) is 12.3. The second-order valence-corrected chi connectivity index (χ2v) is 5.85. The summed E-state index contributed by atoms with van der Waals surface area (Å²) in [4.78, 5) is 16.0. The molecule has 1 saturated carbocycles. The summed E-state index contributed by atoms with van der Waals surface area (Å²) in [6.07, 6.45) is 3.89. The molecule has 2 aliphatic rings. The van der Waals surface area contributed by atoms with Gasteiger partial charge in [-0.25, -0.2) is 4.79 Å². The third-order valence-electron chi connectivity index (χ3n) is 4.42. The molecule has 5 heteroatoms. The first-order valence-corrected chi connectivity index (χ1v) is 7.48. The summed E-state index contributed by atoms with van der Waals surface area (Å²) >= 11 is 0. The quantitative estimate of drug-likeness (QED) is 0.813.